The van der Waals surface area contributed by atoms with Gasteiger partial charge in [-0.25, -0.2) is 0 Å². The number of anilines is 1. The van der Waals surface area contributed by atoms with Gasteiger partial charge < -0.3 is 14.7 Å². The van der Waals surface area contributed by atoms with E-state index in [0.717, 1.165) is 9.47 Å². The molecule has 0 aliphatic heterocycles. The van der Waals surface area contributed by atoms with Crippen molar-refractivity contribution in [1.82, 2.24) is 0 Å². The summed E-state index contributed by atoms with van der Waals surface area (Å²) in [5, 5.41) is 12.8. The zero-order chi connectivity index (χ0) is 12.8. The monoisotopic (exact) mass is 321 g/mol. The summed E-state index contributed by atoms with van der Waals surface area (Å²) in [5.41, 5.74) is 0. The molecule has 1 unspecified atom stereocenters. The molecule has 0 aromatic carbocycles. The highest BCUT2D eigenvalue weighted by molar-refractivity contribution is 9.10. The molecule has 0 saturated heterocycles. The number of thiophene rings is 1. The topological polar surface area (TPSA) is 49.8 Å². The number of esters is 1. The van der Waals surface area contributed by atoms with E-state index in [9.17, 15) is 9.90 Å². The number of aliphatic hydroxyl groups excluding tert-OH is 1. The first-order valence-electron chi connectivity index (χ1n) is 5.23. The van der Waals surface area contributed by atoms with Crippen molar-refractivity contribution < 1.29 is 14.6 Å². The van der Waals surface area contributed by atoms with Crippen molar-refractivity contribution in [2.45, 2.75) is 18.9 Å². The van der Waals surface area contributed by atoms with E-state index in [1.807, 2.05) is 23.4 Å². The lowest BCUT2D eigenvalue weighted by molar-refractivity contribution is -0.141. The summed E-state index contributed by atoms with van der Waals surface area (Å²) in [6.07, 6.45) is 0.142. The van der Waals surface area contributed by atoms with E-state index >= 15 is 0 Å². The molecule has 1 N–H and O–H groups in total. The molecule has 1 rings (SSSR count). The number of methoxy groups -OCH3 is 1. The maximum absolute atomic E-state index is 10.9. The molecule has 0 aliphatic rings. The van der Waals surface area contributed by atoms with E-state index in [0.29, 0.717) is 13.0 Å². The van der Waals surface area contributed by atoms with Crippen LogP contribution in [0.1, 0.15) is 12.8 Å². The van der Waals surface area contributed by atoms with Crippen LogP contribution in [0.25, 0.3) is 0 Å². The third kappa shape index (κ3) is 5.06. The zero-order valence-electron chi connectivity index (χ0n) is 9.85. The predicted molar refractivity (Wildman–Crippen MR) is 72.5 cm³/mol. The van der Waals surface area contributed by atoms with Crippen LogP contribution in [0.15, 0.2) is 15.9 Å². The minimum Gasteiger partial charge on any atom is -0.469 e. The van der Waals surface area contributed by atoms with Crippen molar-refractivity contribution in [3.05, 3.63) is 15.9 Å². The highest BCUT2D eigenvalue weighted by Crippen LogP contribution is 2.27. The summed E-state index contributed by atoms with van der Waals surface area (Å²) in [5.74, 6) is -0.287. The molecule has 0 amide bonds. The largest absolute Gasteiger partial charge is 0.469 e. The third-order valence-corrected chi connectivity index (χ3v) is 4.13. The van der Waals surface area contributed by atoms with Crippen LogP contribution in [0.5, 0.6) is 0 Å². The minimum atomic E-state index is -0.528. The van der Waals surface area contributed by atoms with Gasteiger partial charge in [0.2, 0.25) is 0 Å². The van der Waals surface area contributed by atoms with Gasteiger partial charge in [0.25, 0.3) is 0 Å². The fourth-order valence-corrected chi connectivity index (χ4v) is 2.79. The van der Waals surface area contributed by atoms with Gasteiger partial charge in [0.05, 0.1) is 18.2 Å². The lowest BCUT2D eigenvalue weighted by Crippen LogP contribution is -2.28. The second kappa shape index (κ2) is 6.98. The smallest absolute Gasteiger partial charge is 0.305 e. The van der Waals surface area contributed by atoms with Gasteiger partial charge in [0.1, 0.15) is 0 Å². The molecule has 0 aliphatic carbocycles. The molecule has 0 fully saturated rings. The number of nitrogens with zero attached hydrogens (tertiary/aromatic N) is 1. The van der Waals surface area contributed by atoms with Crippen molar-refractivity contribution in [1.29, 1.82) is 0 Å². The molecule has 1 atom stereocenters. The summed E-state index contributed by atoms with van der Waals surface area (Å²) < 4.78 is 5.56. The molecule has 0 radical (unpaired) electrons. The van der Waals surface area contributed by atoms with Gasteiger partial charge in [0, 0.05) is 29.9 Å². The van der Waals surface area contributed by atoms with Crippen molar-refractivity contribution in [3.63, 3.8) is 0 Å². The Morgan fingerprint density at radius 1 is 1.71 bits per heavy atom. The molecule has 4 nitrogen and oxygen atoms in total. The molecule has 0 spiro atoms. The van der Waals surface area contributed by atoms with Gasteiger partial charge in [0.15, 0.2) is 0 Å². The SMILES string of the molecule is COC(=O)CCC(O)CN(C)c1cc(Br)cs1. The molecular weight excluding hydrogens is 306 g/mol. The molecule has 6 heteroatoms. The lowest BCUT2D eigenvalue weighted by Gasteiger charge is -2.20. The first-order valence-corrected chi connectivity index (χ1v) is 6.90. The molecule has 96 valence electrons. The standard InChI is InChI=1S/C11H16BrNO3S/c1-13(10-5-8(12)7-17-10)6-9(14)3-4-11(15)16-2/h5,7,9,14H,3-4,6H2,1-2H3. The predicted octanol–water partition coefficient (Wildman–Crippen LogP) is 2.26. The molecule has 0 saturated carbocycles. The van der Waals surface area contributed by atoms with Gasteiger partial charge in [-0.2, -0.15) is 0 Å². The Morgan fingerprint density at radius 3 is 2.94 bits per heavy atom. The Bertz CT molecular complexity index is 369. The Labute approximate surface area is 113 Å². The molecule has 1 aromatic rings. The van der Waals surface area contributed by atoms with Crippen LogP contribution in [0.4, 0.5) is 5.00 Å². The fraction of sp³-hybridized carbons (Fsp3) is 0.545. The zero-order valence-corrected chi connectivity index (χ0v) is 12.3. The number of aliphatic hydroxyl groups is 1. The van der Waals surface area contributed by atoms with Gasteiger partial charge >= 0.3 is 5.97 Å². The third-order valence-electron chi connectivity index (χ3n) is 2.32. The highest BCUT2D eigenvalue weighted by atomic mass is 79.9. The Balaban J connectivity index is 2.35. The van der Waals surface area contributed by atoms with Crippen molar-refractivity contribution in [2.75, 3.05) is 25.6 Å². The number of likely N-dealkylation sites (N-methyl/N-ethyl adjacent to an activating group) is 1. The molecular formula is C11H16BrNO3S. The van der Waals surface area contributed by atoms with Crippen LogP contribution >= 0.6 is 27.3 Å². The molecule has 0 bridgehead atoms. The van der Waals surface area contributed by atoms with Gasteiger partial charge in [-0.3, -0.25) is 4.79 Å². The van der Waals surface area contributed by atoms with Crippen LogP contribution in [-0.2, 0) is 9.53 Å². The normalized spacial score (nSPS) is 12.2. The maximum atomic E-state index is 10.9. The van der Waals surface area contributed by atoms with Crippen molar-refractivity contribution in [3.8, 4) is 0 Å². The summed E-state index contributed by atoms with van der Waals surface area (Å²) in [6.45, 7) is 0.504. The lowest BCUT2D eigenvalue weighted by atomic mass is 10.2. The fourth-order valence-electron chi connectivity index (χ4n) is 1.39. The summed E-state index contributed by atoms with van der Waals surface area (Å²) in [7, 11) is 3.27. The van der Waals surface area contributed by atoms with E-state index in [1.54, 1.807) is 11.3 Å². The van der Waals surface area contributed by atoms with E-state index in [4.69, 9.17) is 0 Å². The van der Waals surface area contributed by atoms with Crippen LogP contribution < -0.4 is 4.90 Å². The number of carbonyl (C=O) groups excluding carboxylic acids is 1. The van der Waals surface area contributed by atoms with Crippen molar-refractivity contribution >= 4 is 38.2 Å². The number of hydrogen-bond donors (Lipinski definition) is 1. The minimum absolute atomic E-state index is 0.250. The van der Waals surface area contributed by atoms with Crippen LogP contribution in [0.2, 0.25) is 0 Å². The summed E-state index contributed by atoms with van der Waals surface area (Å²) in [6, 6.07) is 2.00. The van der Waals surface area contributed by atoms with Gasteiger partial charge in [-0.1, -0.05) is 0 Å². The Morgan fingerprint density at radius 2 is 2.41 bits per heavy atom. The van der Waals surface area contributed by atoms with E-state index in [-0.39, 0.29) is 12.4 Å². The second-order valence-corrected chi connectivity index (χ2v) is 5.56. The molecule has 1 heterocycles. The quantitative estimate of drug-likeness (QED) is 0.816. The summed E-state index contributed by atoms with van der Waals surface area (Å²) >= 11 is 4.99. The number of rotatable bonds is 6. The van der Waals surface area contributed by atoms with Crippen LogP contribution in [0, 0.1) is 0 Å². The summed E-state index contributed by atoms with van der Waals surface area (Å²) in [4.78, 5) is 12.9. The van der Waals surface area contributed by atoms with E-state index in [2.05, 4.69) is 20.7 Å². The number of carbonyl (C=O) groups is 1. The van der Waals surface area contributed by atoms with Crippen LogP contribution in [0.3, 0.4) is 0 Å². The second-order valence-electron chi connectivity index (χ2n) is 3.75. The highest BCUT2D eigenvalue weighted by Gasteiger charge is 2.12. The van der Waals surface area contributed by atoms with Gasteiger partial charge in [-0.05, 0) is 28.4 Å². The Kier molecular flexibility index (Phi) is 5.94. The average molecular weight is 322 g/mol. The van der Waals surface area contributed by atoms with E-state index < -0.39 is 6.10 Å². The molecule has 17 heavy (non-hydrogen) atoms. The van der Waals surface area contributed by atoms with Crippen molar-refractivity contribution in [2.24, 2.45) is 0 Å². The maximum Gasteiger partial charge on any atom is 0.305 e. The van der Waals surface area contributed by atoms with E-state index in [1.165, 1.54) is 7.11 Å². The Hall–Kier alpha value is -0.590. The number of ether oxygens (including phenoxy) is 1. The number of hydrogen-bond acceptors (Lipinski definition) is 5. The average Bonchev–Trinajstić information content (AvgIpc) is 2.72. The van der Waals surface area contributed by atoms with Gasteiger partial charge in [-0.15, -0.1) is 11.3 Å². The number of halogens is 1. The first-order chi connectivity index (χ1) is 8.02. The molecule has 1 aromatic heterocycles. The first kappa shape index (κ1) is 14.5. The van der Waals surface area contributed by atoms with Crippen LogP contribution in [-0.4, -0.2) is 37.9 Å².